The van der Waals surface area contributed by atoms with Crippen LogP contribution < -0.4 is 0 Å². The van der Waals surface area contributed by atoms with Crippen molar-refractivity contribution in [2.24, 2.45) is 0 Å². The van der Waals surface area contributed by atoms with Crippen LogP contribution in [-0.2, 0) is 14.3 Å². The van der Waals surface area contributed by atoms with Gasteiger partial charge in [-0.05, 0) is 26.9 Å². The molecule has 0 aromatic carbocycles. The van der Waals surface area contributed by atoms with Gasteiger partial charge in [-0.25, -0.2) is 4.79 Å². The summed E-state index contributed by atoms with van der Waals surface area (Å²) >= 11 is 0. The van der Waals surface area contributed by atoms with Crippen LogP contribution in [0.1, 0.15) is 12.8 Å². The number of hydrogen-bond acceptors (Lipinski definition) is 4. The van der Waals surface area contributed by atoms with Crippen LogP contribution in [0.5, 0.6) is 0 Å². The zero-order valence-corrected chi connectivity index (χ0v) is 10.4. The summed E-state index contributed by atoms with van der Waals surface area (Å²) in [6.45, 7) is 1.46. The van der Waals surface area contributed by atoms with Crippen molar-refractivity contribution < 1.29 is 19.4 Å². The lowest BCUT2D eigenvalue weighted by molar-refractivity contribution is -0.147. The van der Waals surface area contributed by atoms with Crippen LogP contribution in [0.3, 0.4) is 0 Å². The summed E-state index contributed by atoms with van der Waals surface area (Å²) in [7, 11) is 3.72. The van der Waals surface area contributed by atoms with Gasteiger partial charge in [-0.15, -0.1) is 0 Å². The molecule has 0 radical (unpaired) electrons. The molecule has 0 spiro atoms. The van der Waals surface area contributed by atoms with E-state index in [1.54, 1.807) is 4.90 Å². The topological polar surface area (TPSA) is 70.1 Å². The monoisotopic (exact) mass is 244 g/mol. The van der Waals surface area contributed by atoms with Crippen LogP contribution in [0.25, 0.3) is 0 Å². The molecule has 1 rings (SSSR count). The van der Waals surface area contributed by atoms with Crippen molar-refractivity contribution in [3.05, 3.63) is 0 Å². The van der Waals surface area contributed by atoms with E-state index in [1.807, 2.05) is 19.0 Å². The maximum atomic E-state index is 11.7. The first-order valence-corrected chi connectivity index (χ1v) is 5.75. The van der Waals surface area contributed by atoms with Gasteiger partial charge in [0.2, 0.25) is 5.91 Å². The highest BCUT2D eigenvalue weighted by atomic mass is 16.5. The molecule has 1 aliphatic heterocycles. The number of nitrogens with zero attached hydrogens (tertiary/aromatic N) is 2. The smallest absolute Gasteiger partial charge is 0.329 e. The van der Waals surface area contributed by atoms with Crippen molar-refractivity contribution in [1.82, 2.24) is 9.80 Å². The molecular weight excluding hydrogens is 224 g/mol. The second-order valence-corrected chi connectivity index (χ2v) is 4.52. The summed E-state index contributed by atoms with van der Waals surface area (Å²) in [6, 6.07) is 0. The third kappa shape index (κ3) is 5.14. The minimum atomic E-state index is -0.948. The molecular formula is C11H20N2O4. The summed E-state index contributed by atoms with van der Waals surface area (Å²) in [5, 5.41) is 8.49. The standard InChI is InChI=1S/C11H20N2O4/c1-12(2)7-10(14)13-5-3-9(4-6-13)17-8-11(15)16/h9H,3-8H2,1-2H3,(H,15,16). The van der Waals surface area contributed by atoms with Gasteiger partial charge in [0.15, 0.2) is 0 Å². The Morgan fingerprint density at radius 2 is 1.94 bits per heavy atom. The molecule has 98 valence electrons. The molecule has 1 N–H and O–H groups in total. The van der Waals surface area contributed by atoms with Gasteiger partial charge < -0.3 is 19.6 Å². The number of ether oxygens (including phenoxy) is 1. The normalized spacial score (nSPS) is 17.5. The van der Waals surface area contributed by atoms with E-state index in [2.05, 4.69) is 0 Å². The maximum absolute atomic E-state index is 11.7. The molecule has 0 aromatic rings. The first kappa shape index (κ1) is 13.9. The molecule has 0 atom stereocenters. The second-order valence-electron chi connectivity index (χ2n) is 4.52. The van der Waals surface area contributed by atoms with Crippen LogP contribution in [-0.4, -0.2) is 73.2 Å². The van der Waals surface area contributed by atoms with E-state index >= 15 is 0 Å². The average Bonchev–Trinajstić information content (AvgIpc) is 2.26. The van der Waals surface area contributed by atoms with Gasteiger partial charge in [0.05, 0.1) is 12.6 Å². The number of amides is 1. The fraction of sp³-hybridized carbons (Fsp3) is 0.818. The number of carbonyl (C=O) groups is 2. The highest BCUT2D eigenvalue weighted by Gasteiger charge is 2.23. The minimum absolute atomic E-state index is 0.0329. The van der Waals surface area contributed by atoms with Gasteiger partial charge in [-0.2, -0.15) is 0 Å². The first-order chi connectivity index (χ1) is 7.99. The van der Waals surface area contributed by atoms with Crippen molar-refractivity contribution >= 4 is 11.9 Å². The van der Waals surface area contributed by atoms with E-state index in [0.717, 1.165) is 0 Å². The number of carboxylic acids is 1. The Morgan fingerprint density at radius 3 is 2.41 bits per heavy atom. The zero-order valence-electron chi connectivity index (χ0n) is 10.4. The highest BCUT2D eigenvalue weighted by molar-refractivity contribution is 5.78. The molecule has 0 aliphatic carbocycles. The van der Waals surface area contributed by atoms with Crippen molar-refractivity contribution in [1.29, 1.82) is 0 Å². The highest BCUT2D eigenvalue weighted by Crippen LogP contribution is 2.13. The number of carbonyl (C=O) groups excluding carboxylic acids is 1. The molecule has 1 fully saturated rings. The summed E-state index contributed by atoms with van der Waals surface area (Å²) < 4.78 is 5.21. The minimum Gasteiger partial charge on any atom is -0.480 e. The maximum Gasteiger partial charge on any atom is 0.329 e. The fourth-order valence-corrected chi connectivity index (χ4v) is 1.83. The number of likely N-dealkylation sites (N-methyl/N-ethyl adjacent to an activating group) is 1. The Hall–Kier alpha value is -1.14. The number of hydrogen-bond donors (Lipinski definition) is 1. The largest absolute Gasteiger partial charge is 0.480 e. The Kier molecular flexibility index (Phi) is 5.37. The third-order valence-electron chi connectivity index (χ3n) is 2.69. The van der Waals surface area contributed by atoms with Crippen molar-refractivity contribution in [3.8, 4) is 0 Å². The SMILES string of the molecule is CN(C)CC(=O)N1CCC(OCC(=O)O)CC1. The lowest BCUT2D eigenvalue weighted by atomic mass is 10.1. The van der Waals surface area contributed by atoms with Gasteiger partial charge in [0, 0.05) is 13.1 Å². The van der Waals surface area contributed by atoms with E-state index in [1.165, 1.54) is 0 Å². The summed E-state index contributed by atoms with van der Waals surface area (Å²) in [6.07, 6.45) is 1.40. The zero-order chi connectivity index (χ0) is 12.8. The van der Waals surface area contributed by atoms with Crippen molar-refractivity contribution in [2.45, 2.75) is 18.9 Å². The van der Waals surface area contributed by atoms with Crippen molar-refractivity contribution in [2.75, 3.05) is 40.3 Å². The molecule has 1 amide bonds. The van der Waals surface area contributed by atoms with Gasteiger partial charge in [-0.3, -0.25) is 4.79 Å². The Bertz CT molecular complexity index is 273. The van der Waals surface area contributed by atoms with Crippen LogP contribution in [0, 0.1) is 0 Å². The summed E-state index contributed by atoms with van der Waals surface area (Å²) in [5.41, 5.74) is 0. The van der Waals surface area contributed by atoms with E-state index in [0.29, 0.717) is 32.5 Å². The molecule has 17 heavy (non-hydrogen) atoms. The number of aliphatic carboxylic acids is 1. The average molecular weight is 244 g/mol. The molecule has 6 heteroatoms. The number of rotatable bonds is 5. The van der Waals surface area contributed by atoms with Gasteiger partial charge >= 0.3 is 5.97 Å². The predicted octanol–water partition coefficient (Wildman–Crippen LogP) is -0.360. The quantitative estimate of drug-likeness (QED) is 0.715. The van der Waals surface area contributed by atoms with Gasteiger partial charge in [-0.1, -0.05) is 0 Å². The Morgan fingerprint density at radius 1 is 1.35 bits per heavy atom. The summed E-state index contributed by atoms with van der Waals surface area (Å²) in [5.74, 6) is -0.831. The number of piperidine rings is 1. The molecule has 1 heterocycles. The molecule has 0 bridgehead atoms. The fourth-order valence-electron chi connectivity index (χ4n) is 1.83. The van der Waals surface area contributed by atoms with Crippen LogP contribution in [0.2, 0.25) is 0 Å². The van der Waals surface area contributed by atoms with Crippen LogP contribution >= 0.6 is 0 Å². The van der Waals surface area contributed by atoms with Gasteiger partial charge in [0.1, 0.15) is 6.61 Å². The number of carboxylic acid groups (broad SMARTS) is 1. The summed E-state index contributed by atoms with van der Waals surface area (Å²) in [4.78, 5) is 25.7. The molecule has 0 unspecified atom stereocenters. The number of likely N-dealkylation sites (tertiary alicyclic amines) is 1. The second kappa shape index (κ2) is 6.56. The first-order valence-electron chi connectivity index (χ1n) is 5.75. The molecule has 0 saturated carbocycles. The van der Waals surface area contributed by atoms with E-state index in [9.17, 15) is 9.59 Å². The predicted molar refractivity (Wildman–Crippen MR) is 61.7 cm³/mol. The molecule has 1 saturated heterocycles. The lowest BCUT2D eigenvalue weighted by Gasteiger charge is -2.32. The van der Waals surface area contributed by atoms with Crippen LogP contribution in [0.15, 0.2) is 0 Å². The van der Waals surface area contributed by atoms with E-state index in [-0.39, 0.29) is 18.6 Å². The van der Waals surface area contributed by atoms with Gasteiger partial charge in [0.25, 0.3) is 0 Å². The molecule has 6 nitrogen and oxygen atoms in total. The molecule has 0 aromatic heterocycles. The Labute approximate surface area is 101 Å². The Balaban J connectivity index is 2.25. The van der Waals surface area contributed by atoms with Crippen molar-refractivity contribution in [3.63, 3.8) is 0 Å². The van der Waals surface area contributed by atoms with E-state index < -0.39 is 5.97 Å². The third-order valence-corrected chi connectivity index (χ3v) is 2.69. The van der Waals surface area contributed by atoms with E-state index in [4.69, 9.17) is 9.84 Å². The lowest BCUT2D eigenvalue weighted by Crippen LogP contribution is -2.44. The molecule has 1 aliphatic rings. The van der Waals surface area contributed by atoms with Crippen LogP contribution in [0.4, 0.5) is 0 Å².